The van der Waals surface area contributed by atoms with E-state index in [4.69, 9.17) is 17.3 Å². The van der Waals surface area contributed by atoms with Gasteiger partial charge in [-0.2, -0.15) is 0 Å². The highest BCUT2D eigenvalue weighted by atomic mass is 35.5. The number of rotatable bonds is 5. The first-order valence-electron chi connectivity index (χ1n) is 7.00. The maximum Gasteiger partial charge on any atom is 0.255 e. The minimum Gasteiger partial charge on any atom is -0.398 e. The molecule has 3 nitrogen and oxygen atoms in total. The van der Waals surface area contributed by atoms with Gasteiger partial charge in [0.2, 0.25) is 0 Å². The lowest BCUT2D eigenvalue weighted by Crippen LogP contribution is -2.33. The van der Waals surface area contributed by atoms with Crippen molar-refractivity contribution in [3.8, 4) is 0 Å². The SMILES string of the molecule is CCN(CCc1ccccc1)C(=O)c1cccc(N)c1Cl. The Balaban J connectivity index is 2.10. The first-order chi connectivity index (χ1) is 10.1. The molecule has 0 saturated heterocycles. The van der Waals surface area contributed by atoms with Crippen molar-refractivity contribution in [3.63, 3.8) is 0 Å². The summed E-state index contributed by atoms with van der Waals surface area (Å²) >= 11 is 6.13. The van der Waals surface area contributed by atoms with Crippen LogP contribution in [0.5, 0.6) is 0 Å². The van der Waals surface area contributed by atoms with Crippen LogP contribution in [-0.2, 0) is 6.42 Å². The van der Waals surface area contributed by atoms with Gasteiger partial charge >= 0.3 is 0 Å². The molecule has 0 heterocycles. The Morgan fingerprint density at radius 3 is 2.52 bits per heavy atom. The van der Waals surface area contributed by atoms with Crippen LogP contribution in [0.3, 0.4) is 0 Å². The van der Waals surface area contributed by atoms with Crippen LogP contribution in [0.15, 0.2) is 48.5 Å². The van der Waals surface area contributed by atoms with Gasteiger partial charge in [-0.25, -0.2) is 0 Å². The van der Waals surface area contributed by atoms with Gasteiger partial charge in [0, 0.05) is 13.1 Å². The van der Waals surface area contributed by atoms with Crippen molar-refractivity contribution in [1.29, 1.82) is 0 Å². The Morgan fingerprint density at radius 1 is 1.14 bits per heavy atom. The summed E-state index contributed by atoms with van der Waals surface area (Å²) in [6.07, 6.45) is 0.820. The number of anilines is 1. The predicted molar refractivity (Wildman–Crippen MR) is 87.6 cm³/mol. The highest BCUT2D eigenvalue weighted by Gasteiger charge is 2.18. The molecule has 21 heavy (non-hydrogen) atoms. The lowest BCUT2D eigenvalue weighted by atomic mass is 10.1. The fraction of sp³-hybridized carbons (Fsp3) is 0.235. The molecule has 2 rings (SSSR count). The molecule has 0 saturated carbocycles. The molecule has 0 aliphatic heterocycles. The fourth-order valence-corrected chi connectivity index (χ4v) is 2.40. The van der Waals surface area contributed by atoms with E-state index in [9.17, 15) is 4.79 Å². The van der Waals surface area contributed by atoms with Gasteiger partial charge in [-0.1, -0.05) is 48.0 Å². The fourth-order valence-electron chi connectivity index (χ4n) is 2.20. The molecule has 0 unspecified atom stereocenters. The highest BCUT2D eigenvalue weighted by Crippen LogP contribution is 2.24. The largest absolute Gasteiger partial charge is 0.398 e. The van der Waals surface area contributed by atoms with E-state index in [0.717, 1.165) is 6.42 Å². The van der Waals surface area contributed by atoms with Crippen molar-refractivity contribution in [1.82, 2.24) is 4.90 Å². The third-order valence-electron chi connectivity index (χ3n) is 3.44. The predicted octanol–water partition coefficient (Wildman–Crippen LogP) is 3.63. The van der Waals surface area contributed by atoms with Crippen molar-refractivity contribution in [2.45, 2.75) is 13.3 Å². The quantitative estimate of drug-likeness (QED) is 0.857. The van der Waals surface area contributed by atoms with E-state index < -0.39 is 0 Å². The van der Waals surface area contributed by atoms with Crippen LogP contribution < -0.4 is 5.73 Å². The zero-order valence-electron chi connectivity index (χ0n) is 12.1. The first-order valence-corrected chi connectivity index (χ1v) is 7.38. The summed E-state index contributed by atoms with van der Waals surface area (Å²) in [6, 6.07) is 15.3. The third kappa shape index (κ3) is 3.76. The van der Waals surface area contributed by atoms with E-state index in [0.29, 0.717) is 29.4 Å². The number of carbonyl (C=O) groups is 1. The number of nitrogens with two attached hydrogens (primary N) is 1. The Kier molecular flexibility index (Phi) is 5.23. The second-order valence-electron chi connectivity index (χ2n) is 4.83. The number of halogens is 1. The van der Waals surface area contributed by atoms with E-state index >= 15 is 0 Å². The normalized spacial score (nSPS) is 10.4. The summed E-state index contributed by atoms with van der Waals surface area (Å²) in [5.41, 5.74) is 7.87. The highest BCUT2D eigenvalue weighted by molar-refractivity contribution is 6.36. The van der Waals surface area contributed by atoms with E-state index in [-0.39, 0.29) is 5.91 Å². The van der Waals surface area contributed by atoms with Gasteiger partial charge < -0.3 is 10.6 Å². The Bertz CT molecular complexity index is 613. The van der Waals surface area contributed by atoms with Gasteiger partial charge in [0.05, 0.1) is 16.3 Å². The van der Waals surface area contributed by atoms with Crippen LogP contribution in [0.1, 0.15) is 22.8 Å². The Morgan fingerprint density at radius 2 is 1.86 bits per heavy atom. The van der Waals surface area contributed by atoms with Gasteiger partial charge in [-0.05, 0) is 31.0 Å². The third-order valence-corrected chi connectivity index (χ3v) is 3.86. The number of likely N-dealkylation sites (N-methyl/N-ethyl adjacent to an activating group) is 1. The molecule has 4 heteroatoms. The molecule has 2 aromatic carbocycles. The second-order valence-corrected chi connectivity index (χ2v) is 5.21. The summed E-state index contributed by atoms with van der Waals surface area (Å²) in [6.45, 7) is 3.25. The van der Waals surface area contributed by atoms with Crippen LogP contribution in [0.4, 0.5) is 5.69 Å². The molecular weight excluding hydrogens is 284 g/mol. The van der Waals surface area contributed by atoms with Gasteiger partial charge in [0.1, 0.15) is 0 Å². The van der Waals surface area contributed by atoms with Crippen LogP contribution in [0.25, 0.3) is 0 Å². The lowest BCUT2D eigenvalue weighted by Gasteiger charge is -2.21. The molecule has 0 bridgehead atoms. The number of carbonyl (C=O) groups excluding carboxylic acids is 1. The smallest absolute Gasteiger partial charge is 0.255 e. The zero-order chi connectivity index (χ0) is 15.2. The maximum atomic E-state index is 12.6. The van der Waals surface area contributed by atoms with Crippen LogP contribution in [0.2, 0.25) is 5.02 Å². The molecule has 0 spiro atoms. The van der Waals surface area contributed by atoms with E-state index in [2.05, 4.69) is 12.1 Å². The van der Waals surface area contributed by atoms with Crippen LogP contribution in [0, 0.1) is 0 Å². The maximum absolute atomic E-state index is 12.6. The van der Waals surface area contributed by atoms with Crippen LogP contribution in [-0.4, -0.2) is 23.9 Å². The minimum atomic E-state index is -0.0780. The standard InChI is InChI=1S/C17H19ClN2O/c1-2-20(12-11-13-7-4-3-5-8-13)17(21)14-9-6-10-15(19)16(14)18/h3-10H,2,11-12,19H2,1H3. The second kappa shape index (κ2) is 7.14. The van der Waals surface area contributed by atoms with Crippen molar-refractivity contribution in [2.24, 2.45) is 0 Å². The summed E-state index contributed by atoms with van der Waals surface area (Å²) < 4.78 is 0. The number of hydrogen-bond donors (Lipinski definition) is 1. The van der Waals surface area contributed by atoms with Crippen molar-refractivity contribution >= 4 is 23.2 Å². The molecular formula is C17H19ClN2O. The number of amides is 1. The Labute approximate surface area is 130 Å². The Hall–Kier alpha value is -2.00. The summed E-state index contributed by atoms with van der Waals surface area (Å²) in [4.78, 5) is 14.3. The number of hydrogen-bond acceptors (Lipinski definition) is 2. The lowest BCUT2D eigenvalue weighted by molar-refractivity contribution is 0.0766. The summed E-state index contributed by atoms with van der Waals surface area (Å²) in [7, 11) is 0. The van der Waals surface area contributed by atoms with Gasteiger partial charge in [0.25, 0.3) is 5.91 Å². The van der Waals surface area contributed by atoms with Gasteiger partial charge in [0.15, 0.2) is 0 Å². The molecule has 110 valence electrons. The number of nitrogens with zero attached hydrogens (tertiary/aromatic N) is 1. The molecule has 0 aliphatic carbocycles. The van der Waals surface area contributed by atoms with Gasteiger partial charge in [-0.3, -0.25) is 4.79 Å². The van der Waals surface area contributed by atoms with E-state index in [1.165, 1.54) is 5.56 Å². The topological polar surface area (TPSA) is 46.3 Å². The monoisotopic (exact) mass is 302 g/mol. The molecule has 0 atom stereocenters. The molecule has 0 fully saturated rings. The van der Waals surface area contributed by atoms with E-state index in [1.54, 1.807) is 23.1 Å². The number of nitrogen functional groups attached to an aromatic ring is 1. The van der Waals surface area contributed by atoms with Crippen molar-refractivity contribution in [3.05, 3.63) is 64.7 Å². The number of benzene rings is 2. The summed E-state index contributed by atoms with van der Waals surface area (Å²) in [5, 5.41) is 0.334. The first kappa shape index (κ1) is 15.4. The van der Waals surface area contributed by atoms with E-state index in [1.807, 2.05) is 25.1 Å². The molecule has 0 aromatic heterocycles. The minimum absolute atomic E-state index is 0.0780. The van der Waals surface area contributed by atoms with Crippen LogP contribution >= 0.6 is 11.6 Å². The molecule has 0 aliphatic rings. The summed E-state index contributed by atoms with van der Waals surface area (Å²) in [5.74, 6) is -0.0780. The molecule has 1 amide bonds. The van der Waals surface area contributed by atoms with Gasteiger partial charge in [-0.15, -0.1) is 0 Å². The average Bonchev–Trinajstić information content (AvgIpc) is 2.51. The zero-order valence-corrected chi connectivity index (χ0v) is 12.8. The molecule has 0 radical (unpaired) electrons. The molecule has 2 aromatic rings. The average molecular weight is 303 g/mol. The van der Waals surface area contributed by atoms with Crippen molar-refractivity contribution < 1.29 is 4.79 Å². The van der Waals surface area contributed by atoms with Crippen molar-refractivity contribution in [2.75, 3.05) is 18.8 Å². The molecule has 2 N–H and O–H groups in total.